The van der Waals surface area contributed by atoms with Crippen LogP contribution in [0.2, 0.25) is 0 Å². The van der Waals surface area contributed by atoms with Crippen molar-refractivity contribution in [1.82, 2.24) is 4.90 Å². The molecule has 0 aromatic heterocycles. The molecule has 0 saturated carbocycles. The molecule has 32 heavy (non-hydrogen) atoms. The molecule has 1 heterocycles. The van der Waals surface area contributed by atoms with Crippen molar-refractivity contribution in [3.63, 3.8) is 0 Å². The summed E-state index contributed by atoms with van der Waals surface area (Å²) < 4.78 is 49.7. The van der Waals surface area contributed by atoms with Gasteiger partial charge in [0.15, 0.2) is 0 Å². The van der Waals surface area contributed by atoms with Crippen LogP contribution in [0.4, 0.5) is 4.39 Å². The molecule has 2 aromatic carbocycles. The zero-order valence-electron chi connectivity index (χ0n) is 18.7. The fourth-order valence-electron chi connectivity index (χ4n) is 3.54. The lowest BCUT2D eigenvalue weighted by Crippen LogP contribution is -2.38. The highest BCUT2D eigenvalue weighted by Crippen LogP contribution is 2.27. The van der Waals surface area contributed by atoms with Gasteiger partial charge in [0.1, 0.15) is 16.5 Å². The quantitative estimate of drug-likeness (QED) is 0.538. The van der Waals surface area contributed by atoms with Crippen LogP contribution in [0.1, 0.15) is 45.6 Å². The molecule has 8 heteroatoms. The summed E-state index contributed by atoms with van der Waals surface area (Å²) in [5.41, 5.74) is 0.381. The van der Waals surface area contributed by atoms with Crippen molar-refractivity contribution in [3.8, 4) is 5.75 Å². The van der Waals surface area contributed by atoms with Gasteiger partial charge in [0.25, 0.3) is 0 Å². The number of para-hydroxylation sites is 1. The highest BCUT2D eigenvalue weighted by Gasteiger charge is 2.27. The second-order valence-corrected chi connectivity index (χ2v) is 10.8. The van der Waals surface area contributed by atoms with E-state index in [4.69, 9.17) is 8.92 Å². The molecule has 1 atom stereocenters. The van der Waals surface area contributed by atoms with Crippen LogP contribution >= 0.6 is 0 Å². The summed E-state index contributed by atoms with van der Waals surface area (Å²) in [6.07, 6.45) is 2.17. The van der Waals surface area contributed by atoms with Crippen molar-refractivity contribution in [2.45, 2.75) is 57.6 Å². The number of benzene rings is 2. The fraction of sp³-hybridized carbons (Fsp3) is 0.458. The molecular formula is C24H30FNO5S. The maximum atomic E-state index is 13.2. The lowest BCUT2D eigenvalue weighted by molar-refractivity contribution is -0.135. The average molecular weight is 464 g/mol. The molecule has 6 nitrogen and oxygen atoms in total. The molecule has 1 amide bonds. The third-order valence-corrected chi connectivity index (χ3v) is 6.37. The molecule has 1 aliphatic heterocycles. The normalized spacial score (nSPS) is 16.7. The third kappa shape index (κ3) is 6.77. The molecule has 0 spiro atoms. The van der Waals surface area contributed by atoms with Gasteiger partial charge in [-0.3, -0.25) is 4.79 Å². The standard InChI is InChI=1S/C24H30FNO5S/c1-24(2,3)15-23(27)26(17-20-8-6-14-30-20)16-18-7-4-5-9-22(18)31-32(28,29)21-12-10-19(25)11-13-21/h4-5,7,9-13,20H,6,8,14-17H2,1-3H3/t20-/m0/s1. The van der Waals surface area contributed by atoms with E-state index in [2.05, 4.69) is 0 Å². The number of carbonyl (C=O) groups excluding carboxylic acids is 1. The highest BCUT2D eigenvalue weighted by molar-refractivity contribution is 7.87. The Balaban J connectivity index is 1.83. The van der Waals surface area contributed by atoms with Crippen molar-refractivity contribution in [2.24, 2.45) is 5.41 Å². The zero-order valence-corrected chi connectivity index (χ0v) is 19.5. The molecule has 0 aliphatic carbocycles. The van der Waals surface area contributed by atoms with Crippen LogP contribution in [0.5, 0.6) is 5.75 Å². The monoisotopic (exact) mass is 463 g/mol. The first-order valence-electron chi connectivity index (χ1n) is 10.7. The van der Waals surface area contributed by atoms with Crippen LogP contribution in [0, 0.1) is 11.2 Å². The maximum Gasteiger partial charge on any atom is 0.339 e. The van der Waals surface area contributed by atoms with Gasteiger partial charge in [0.05, 0.1) is 6.10 Å². The summed E-state index contributed by atoms with van der Waals surface area (Å²) in [5, 5.41) is 0. The zero-order chi connectivity index (χ0) is 23.4. The molecule has 0 N–H and O–H groups in total. The molecule has 1 aliphatic rings. The summed E-state index contributed by atoms with van der Waals surface area (Å²) in [6, 6.07) is 11.2. The highest BCUT2D eigenvalue weighted by atomic mass is 32.2. The molecule has 174 valence electrons. The second kappa shape index (κ2) is 10.0. The van der Waals surface area contributed by atoms with E-state index in [-0.39, 0.29) is 34.6 Å². The first-order chi connectivity index (χ1) is 15.0. The van der Waals surface area contributed by atoms with Crippen LogP contribution in [-0.2, 0) is 26.2 Å². The van der Waals surface area contributed by atoms with E-state index in [1.54, 1.807) is 29.2 Å². The van der Waals surface area contributed by atoms with E-state index in [1.807, 2.05) is 20.8 Å². The van der Waals surface area contributed by atoms with Gasteiger partial charge >= 0.3 is 10.1 Å². The van der Waals surface area contributed by atoms with Crippen LogP contribution < -0.4 is 4.18 Å². The number of hydrogen-bond donors (Lipinski definition) is 0. The second-order valence-electron chi connectivity index (χ2n) is 9.25. The molecule has 1 fully saturated rings. The Morgan fingerprint density at radius 1 is 1.16 bits per heavy atom. The molecule has 0 unspecified atom stereocenters. The Morgan fingerprint density at radius 3 is 2.47 bits per heavy atom. The third-order valence-electron chi connectivity index (χ3n) is 5.12. The minimum absolute atomic E-state index is 0.0239. The van der Waals surface area contributed by atoms with Gasteiger partial charge < -0.3 is 13.8 Å². The van der Waals surface area contributed by atoms with Gasteiger partial charge in [-0.15, -0.1) is 0 Å². The van der Waals surface area contributed by atoms with Gasteiger partial charge in [-0.1, -0.05) is 39.0 Å². The predicted octanol–water partition coefficient (Wildman–Crippen LogP) is 4.54. The summed E-state index contributed by atoms with van der Waals surface area (Å²) in [7, 11) is -4.15. The van der Waals surface area contributed by atoms with Gasteiger partial charge in [0, 0.05) is 31.7 Å². The Labute approximate surface area is 189 Å². The fourth-order valence-corrected chi connectivity index (χ4v) is 4.51. The number of hydrogen-bond acceptors (Lipinski definition) is 5. The summed E-state index contributed by atoms with van der Waals surface area (Å²) in [6.45, 7) is 7.32. The first kappa shape index (κ1) is 24.2. The van der Waals surface area contributed by atoms with Gasteiger partial charge in [-0.2, -0.15) is 8.42 Å². The molecule has 2 aromatic rings. The van der Waals surface area contributed by atoms with Crippen LogP contribution in [0.25, 0.3) is 0 Å². The van der Waals surface area contributed by atoms with Crippen molar-refractivity contribution in [1.29, 1.82) is 0 Å². The van der Waals surface area contributed by atoms with E-state index in [0.717, 1.165) is 37.1 Å². The van der Waals surface area contributed by atoms with E-state index in [1.165, 1.54) is 0 Å². The van der Waals surface area contributed by atoms with Crippen LogP contribution in [0.3, 0.4) is 0 Å². The number of nitrogens with zero attached hydrogens (tertiary/aromatic N) is 1. The topological polar surface area (TPSA) is 72.9 Å². The van der Waals surface area contributed by atoms with Gasteiger partial charge in [-0.25, -0.2) is 4.39 Å². The SMILES string of the molecule is CC(C)(C)CC(=O)N(Cc1ccccc1OS(=O)(=O)c1ccc(F)cc1)C[C@@H]1CCCO1. The molecule has 3 rings (SSSR count). The summed E-state index contributed by atoms with van der Waals surface area (Å²) >= 11 is 0. The Bertz CT molecular complexity index is 1030. The van der Waals surface area contributed by atoms with E-state index in [9.17, 15) is 17.6 Å². The lowest BCUT2D eigenvalue weighted by atomic mass is 9.91. The Hall–Kier alpha value is -2.45. The number of halogens is 1. The van der Waals surface area contributed by atoms with Crippen LogP contribution in [-0.4, -0.2) is 38.5 Å². The number of carbonyl (C=O) groups is 1. The Kier molecular flexibility index (Phi) is 7.56. The van der Waals surface area contributed by atoms with Crippen molar-refractivity contribution in [3.05, 3.63) is 59.9 Å². The average Bonchev–Trinajstić information content (AvgIpc) is 3.21. The number of ether oxygens (including phenoxy) is 1. The molecule has 0 radical (unpaired) electrons. The summed E-state index contributed by atoms with van der Waals surface area (Å²) in [5.74, 6) is -0.423. The minimum atomic E-state index is -4.15. The smallest absolute Gasteiger partial charge is 0.339 e. The predicted molar refractivity (Wildman–Crippen MR) is 119 cm³/mol. The lowest BCUT2D eigenvalue weighted by Gasteiger charge is -2.29. The van der Waals surface area contributed by atoms with Crippen molar-refractivity contribution in [2.75, 3.05) is 13.2 Å². The van der Waals surface area contributed by atoms with Crippen LogP contribution in [0.15, 0.2) is 53.4 Å². The van der Waals surface area contributed by atoms with E-state index < -0.39 is 15.9 Å². The molecule has 1 saturated heterocycles. The minimum Gasteiger partial charge on any atom is -0.379 e. The van der Waals surface area contributed by atoms with Crippen molar-refractivity contribution < 1.29 is 26.5 Å². The maximum absolute atomic E-state index is 13.2. The van der Waals surface area contributed by atoms with Crippen molar-refractivity contribution >= 4 is 16.0 Å². The molecule has 0 bridgehead atoms. The number of amides is 1. The summed E-state index contributed by atoms with van der Waals surface area (Å²) in [4.78, 5) is 14.6. The van der Waals surface area contributed by atoms with E-state index >= 15 is 0 Å². The van der Waals surface area contributed by atoms with E-state index in [0.29, 0.717) is 25.1 Å². The Morgan fingerprint density at radius 2 is 1.84 bits per heavy atom. The number of rotatable bonds is 8. The first-order valence-corrected chi connectivity index (χ1v) is 12.1. The van der Waals surface area contributed by atoms with Gasteiger partial charge in [-0.05, 0) is 48.6 Å². The largest absolute Gasteiger partial charge is 0.379 e. The van der Waals surface area contributed by atoms with Gasteiger partial charge in [0.2, 0.25) is 5.91 Å². The molecular weight excluding hydrogens is 433 g/mol.